The number of carbonyl (C=O) groups is 1. The van der Waals surface area contributed by atoms with Gasteiger partial charge in [-0.25, -0.2) is 4.98 Å². The van der Waals surface area contributed by atoms with Crippen LogP contribution in [0.25, 0.3) is 11.1 Å². The Kier molecular flexibility index (Phi) is 5.89. The van der Waals surface area contributed by atoms with Crippen molar-refractivity contribution in [2.75, 3.05) is 13.1 Å². The molecule has 6 heteroatoms. The summed E-state index contributed by atoms with van der Waals surface area (Å²) in [7, 11) is 0. The van der Waals surface area contributed by atoms with Crippen molar-refractivity contribution in [1.82, 2.24) is 19.4 Å². The van der Waals surface area contributed by atoms with Gasteiger partial charge in [-0.1, -0.05) is 30.3 Å². The largest absolute Gasteiger partial charge is 0.508 e. The summed E-state index contributed by atoms with van der Waals surface area (Å²) in [4.78, 5) is 24.0. The molecule has 0 radical (unpaired) electrons. The van der Waals surface area contributed by atoms with Crippen LogP contribution in [0, 0.1) is 0 Å². The molecule has 0 unspecified atom stereocenters. The van der Waals surface area contributed by atoms with Crippen LogP contribution in [0.2, 0.25) is 0 Å². The van der Waals surface area contributed by atoms with E-state index < -0.39 is 0 Å². The van der Waals surface area contributed by atoms with E-state index in [1.807, 2.05) is 78.1 Å². The van der Waals surface area contributed by atoms with Crippen molar-refractivity contribution in [2.45, 2.75) is 25.3 Å². The van der Waals surface area contributed by atoms with E-state index in [4.69, 9.17) is 0 Å². The SMILES string of the molecule is O=C(c1ccc(-c2ccc(O)cc2)cc1)N1CCC(c2nccn2Cc2ccccn2)CC1. The van der Waals surface area contributed by atoms with E-state index in [1.54, 1.807) is 12.1 Å². The van der Waals surface area contributed by atoms with E-state index in [2.05, 4.69) is 14.5 Å². The minimum absolute atomic E-state index is 0.0718. The predicted molar refractivity (Wildman–Crippen MR) is 127 cm³/mol. The van der Waals surface area contributed by atoms with Gasteiger partial charge < -0.3 is 14.6 Å². The van der Waals surface area contributed by atoms with Crippen LogP contribution in [-0.2, 0) is 6.54 Å². The summed E-state index contributed by atoms with van der Waals surface area (Å²) in [6.45, 7) is 2.15. The summed E-state index contributed by atoms with van der Waals surface area (Å²) in [5.74, 6) is 1.73. The molecule has 0 aliphatic carbocycles. The Morgan fingerprint density at radius 3 is 2.24 bits per heavy atom. The molecule has 0 saturated carbocycles. The number of aromatic hydroxyl groups is 1. The zero-order valence-electron chi connectivity index (χ0n) is 18.3. The quantitative estimate of drug-likeness (QED) is 0.490. The number of likely N-dealkylation sites (tertiary alicyclic amines) is 1. The van der Waals surface area contributed by atoms with Gasteiger partial charge in [0.1, 0.15) is 11.6 Å². The topological polar surface area (TPSA) is 71.2 Å². The second kappa shape index (κ2) is 9.28. The zero-order chi connectivity index (χ0) is 22.6. The number of aromatic nitrogens is 3. The Labute approximate surface area is 193 Å². The summed E-state index contributed by atoms with van der Waals surface area (Å²) >= 11 is 0. The van der Waals surface area contributed by atoms with E-state index in [-0.39, 0.29) is 11.7 Å². The van der Waals surface area contributed by atoms with Gasteiger partial charge in [0, 0.05) is 43.2 Å². The Balaban J connectivity index is 1.21. The standard InChI is InChI=1S/C27H26N4O2/c32-25-10-8-21(9-11-25)20-4-6-23(7-5-20)27(33)30-16-12-22(13-17-30)26-29-15-18-31(26)19-24-3-1-2-14-28-24/h1-11,14-15,18,22,32H,12-13,16-17,19H2. The zero-order valence-corrected chi connectivity index (χ0v) is 18.3. The molecule has 2 aromatic carbocycles. The molecule has 0 atom stereocenters. The van der Waals surface area contributed by atoms with Gasteiger partial charge in [0.15, 0.2) is 0 Å². The minimum Gasteiger partial charge on any atom is -0.508 e. The lowest BCUT2D eigenvalue weighted by molar-refractivity contribution is 0.0710. The number of phenolic OH excluding ortho intramolecular Hbond substituents is 1. The highest BCUT2D eigenvalue weighted by molar-refractivity contribution is 5.94. The third kappa shape index (κ3) is 4.65. The van der Waals surface area contributed by atoms with Gasteiger partial charge in [0.25, 0.3) is 5.91 Å². The number of rotatable bonds is 5. The van der Waals surface area contributed by atoms with Gasteiger partial charge in [-0.2, -0.15) is 0 Å². The number of carbonyl (C=O) groups excluding carboxylic acids is 1. The molecule has 1 amide bonds. The lowest BCUT2D eigenvalue weighted by atomic mass is 9.95. The fourth-order valence-electron chi connectivity index (χ4n) is 4.46. The molecule has 6 nitrogen and oxygen atoms in total. The second-order valence-electron chi connectivity index (χ2n) is 8.43. The molecule has 2 aromatic heterocycles. The van der Waals surface area contributed by atoms with Crippen molar-refractivity contribution in [2.24, 2.45) is 0 Å². The Bertz CT molecular complexity index is 1210. The number of hydrogen-bond acceptors (Lipinski definition) is 4. The van der Waals surface area contributed by atoms with Gasteiger partial charge in [0.05, 0.1) is 12.2 Å². The molecule has 1 N–H and O–H groups in total. The van der Waals surface area contributed by atoms with Crippen molar-refractivity contribution in [3.05, 3.63) is 102 Å². The van der Waals surface area contributed by atoms with Gasteiger partial charge in [-0.05, 0) is 60.4 Å². The van der Waals surface area contributed by atoms with Crippen molar-refractivity contribution >= 4 is 5.91 Å². The van der Waals surface area contributed by atoms with Gasteiger partial charge >= 0.3 is 0 Å². The lowest BCUT2D eigenvalue weighted by Gasteiger charge is -2.32. The summed E-state index contributed by atoms with van der Waals surface area (Å²) in [5.41, 5.74) is 3.74. The monoisotopic (exact) mass is 438 g/mol. The third-order valence-corrected chi connectivity index (χ3v) is 6.29. The van der Waals surface area contributed by atoms with E-state index >= 15 is 0 Å². The summed E-state index contributed by atoms with van der Waals surface area (Å²) in [5, 5.41) is 9.47. The Hall–Kier alpha value is -3.93. The van der Waals surface area contributed by atoms with Crippen LogP contribution in [0.15, 0.2) is 85.3 Å². The summed E-state index contributed by atoms with van der Waals surface area (Å²) in [6.07, 6.45) is 7.48. The number of nitrogens with zero attached hydrogens (tertiary/aromatic N) is 4. The van der Waals surface area contributed by atoms with Gasteiger partial charge in [-0.15, -0.1) is 0 Å². The first-order valence-corrected chi connectivity index (χ1v) is 11.3. The molecule has 1 aliphatic heterocycles. The number of benzene rings is 2. The molecular weight excluding hydrogens is 412 g/mol. The van der Waals surface area contributed by atoms with Crippen LogP contribution in [0.1, 0.15) is 40.6 Å². The molecule has 1 aliphatic rings. The summed E-state index contributed by atoms with van der Waals surface area (Å²) < 4.78 is 2.17. The smallest absolute Gasteiger partial charge is 0.253 e. The first-order valence-electron chi connectivity index (χ1n) is 11.3. The maximum atomic E-state index is 13.1. The minimum atomic E-state index is 0.0718. The molecule has 1 fully saturated rings. The molecular formula is C27H26N4O2. The van der Waals surface area contributed by atoms with Crippen LogP contribution in [0.4, 0.5) is 0 Å². The number of phenols is 1. The molecule has 0 bridgehead atoms. The average molecular weight is 439 g/mol. The number of imidazole rings is 1. The first-order chi connectivity index (χ1) is 16.2. The highest BCUT2D eigenvalue weighted by Crippen LogP contribution is 2.29. The normalized spacial score (nSPS) is 14.4. The van der Waals surface area contributed by atoms with E-state index in [9.17, 15) is 9.90 Å². The van der Waals surface area contributed by atoms with Crippen LogP contribution in [0.3, 0.4) is 0 Å². The van der Waals surface area contributed by atoms with Crippen LogP contribution in [-0.4, -0.2) is 43.5 Å². The van der Waals surface area contributed by atoms with Crippen molar-refractivity contribution in [3.8, 4) is 16.9 Å². The van der Waals surface area contributed by atoms with Crippen molar-refractivity contribution in [1.29, 1.82) is 0 Å². The Morgan fingerprint density at radius 1 is 0.879 bits per heavy atom. The lowest BCUT2D eigenvalue weighted by Crippen LogP contribution is -2.38. The molecule has 3 heterocycles. The number of amides is 1. The fourth-order valence-corrected chi connectivity index (χ4v) is 4.46. The first kappa shape index (κ1) is 20.9. The predicted octanol–water partition coefficient (Wildman–Crippen LogP) is 4.72. The van der Waals surface area contributed by atoms with E-state index in [0.717, 1.165) is 48.6 Å². The fraction of sp³-hybridized carbons (Fsp3) is 0.222. The highest BCUT2D eigenvalue weighted by Gasteiger charge is 2.27. The Morgan fingerprint density at radius 2 is 1.58 bits per heavy atom. The van der Waals surface area contributed by atoms with Crippen LogP contribution in [0.5, 0.6) is 5.75 Å². The van der Waals surface area contributed by atoms with E-state index in [1.165, 1.54) is 0 Å². The number of hydrogen-bond donors (Lipinski definition) is 1. The van der Waals surface area contributed by atoms with Crippen LogP contribution >= 0.6 is 0 Å². The molecule has 4 aromatic rings. The molecule has 33 heavy (non-hydrogen) atoms. The maximum Gasteiger partial charge on any atom is 0.253 e. The van der Waals surface area contributed by atoms with Gasteiger partial charge in [-0.3, -0.25) is 9.78 Å². The molecule has 5 rings (SSSR count). The molecule has 1 saturated heterocycles. The van der Waals surface area contributed by atoms with Crippen molar-refractivity contribution in [3.63, 3.8) is 0 Å². The molecule has 166 valence electrons. The second-order valence-corrected chi connectivity index (χ2v) is 8.43. The van der Waals surface area contributed by atoms with Crippen molar-refractivity contribution < 1.29 is 9.90 Å². The molecule has 0 spiro atoms. The maximum absolute atomic E-state index is 13.1. The number of pyridine rings is 1. The highest BCUT2D eigenvalue weighted by atomic mass is 16.3. The third-order valence-electron chi connectivity index (χ3n) is 6.29. The van der Waals surface area contributed by atoms with Gasteiger partial charge in [0.2, 0.25) is 0 Å². The number of piperidine rings is 1. The van der Waals surface area contributed by atoms with Crippen LogP contribution < -0.4 is 0 Å². The average Bonchev–Trinajstić information content (AvgIpc) is 3.33. The van der Waals surface area contributed by atoms with E-state index in [0.29, 0.717) is 18.0 Å². The summed E-state index contributed by atoms with van der Waals surface area (Å²) in [6, 6.07) is 20.7.